The lowest BCUT2D eigenvalue weighted by Gasteiger charge is -2.34. The molecule has 0 N–H and O–H groups in total. The second-order valence-corrected chi connectivity index (χ2v) is 10.3. The van der Waals surface area contributed by atoms with Gasteiger partial charge in [-0.1, -0.05) is 18.2 Å². The fourth-order valence-electron chi connectivity index (χ4n) is 3.95. The Morgan fingerprint density at radius 1 is 1.06 bits per heavy atom. The molecule has 1 atom stereocenters. The number of carbonyl (C=O) groups excluding carboxylic acids is 1. The zero-order valence-corrected chi connectivity index (χ0v) is 19.8. The van der Waals surface area contributed by atoms with Gasteiger partial charge in [0.25, 0.3) is 0 Å². The summed E-state index contributed by atoms with van der Waals surface area (Å²) in [6.45, 7) is 6.59. The van der Waals surface area contributed by atoms with Crippen LogP contribution >= 0.6 is 0 Å². The Morgan fingerprint density at radius 2 is 1.68 bits per heavy atom. The van der Waals surface area contributed by atoms with Crippen LogP contribution in [-0.2, 0) is 14.8 Å². The van der Waals surface area contributed by atoms with Crippen molar-refractivity contribution in [2.45, 2.75) is 44.6 Å². The van der Waals surface area contributed by atoms with Crippen LogP contribution in [0.4, 0.5) is 0 Å². The summed E-state index contributed by atoms with van der Waals surface area (Å²) in [5.74, 6) is 0.672. The number of sulfonamides is 1. The van der Waals surface area contributed by atoms with Gasteiger partial charge in [0, 0.05) is 26.1 Å². The van der Waals surface area contributed by atoms with Crippen molar-refractivity contribution in [2.75, 3.05) is 27.2 Å². The molecular formula is C24H32N2O4S. The van der Waals surface area contributed by atoms with Crippen LogP contribution in [0, 0.1) is 19.8 Å². The van der Waals surface area contributed by atoms with E-state index in [9.17, 15) is 13.2 Å². The van der Waals surface area contributed by atoms with Gasteiger partial charge in [0.2, 0.25) is 15.9 Å². The fourth-order valence-corrected chi connectivity index (χ4v) is 5.51. The quantitative estimate of drug-likeness (QED) is 0.677. The molecule has 2 aromatic carbocycles. The zero-order valence-electron chi connectivity index (χ0n) is 19.0. The Balaban J connectivity index is 1.63. The number of aryl methyl sites for hydroxylation is 2. The molecule has 1 aliphatic heterocycles. The number of rotatable bonds is 6. The number of hydrogen-bond donors (Lipinski definition) is 0. The average molecular weight is 445 g/mol. The summed E-state index contributed by atoms with van der Waals surface area (Å²) in [7, 11) is -0.0995. The van der Waals surface area contributed by atoms with Gasteiger partial charge in [0.05, 0.1) is 18.0 Å². The Bertz CT molecular complexity index is 1030. The summed E-state index contributed by atoms with van der Waals surface area (Å²) < 4.78 is 32.8. The minimum absolute atomic E-state index is 0.0616. The molecule has 0 saturated carbocycles. The number of nitrogens with zero attached hydrogens (tertiary/aromatic N) is 2. The van der Waals surface area contributed by atoms with Crippen molar-refractivity contribution in [1.29, 1.82) is 0 Å². The van der Waals surface area contributed by atoms with Crippen molar-refractivity contribution in [3.8, 4) is 5.75 Å². The van der Waals surface area contributed by atoms with Gasteiger partial charge in [0.15, 0.2) is 0 Å². The molecule has 6 nitrogen and oxygen atoms in total. The minimum atomic E-state index is -3.54. The maximum Gasteiger partial charge on any atom is 0.243 e. The molecular weight excluding hydrogens is 412 g/mol. The highest BCUT2D eigenvalue weighted by molar-refractivity contribution is 7.89. The molecule has 168 valence electrons. The molecule has 1 amide bonds. The first kappa shape index (κ1) is 23.3. The first-order valence-corrected chi connectivity index (χ1v) is 12.1. The molecule has 0 aromatic heterocycles. The second kappa shape index (κ2) is 9.40. The summed E-state index contributed by atoms with van der Waals surface area (Å²) in [6.07, 6.45) is 1.06. The number of benzene rings is 2. The van der Waals surface area contributed by atoms with Crippen LogP contribution in [0.2, 0.25) is 0 Å². The van der Waals surface area contributed by atoms with E-state index in [1.165, 1.54) is 4.31 Å². The van der Waals surface area contributed by atoms with Gasteiger partial charge < -0.3 is 9.64 Å². The monoisotopic (exact) mass is 444 g/mol. The number of ether oxygens (including phenoxy) is 1. The number of methoxy groups -OCH3 is 1. The molecule has 0 spiro atoms. The largest absolute Gasteiger partial charge is 0.497 e. The fraction of sp³-hybridized carbons (Fsp3) is 0.458. The Hall–Kier alpha value is -2.38. The topological polar surface area (TPSA) is 66.9 Å². The van der Waals surface area contributed by atoms with E-state index in [0.717, 1.165) is 22.4 Å². The number of piperidine rings is 1. The lowest BCUT2D eigenvalue weighted by Crippen LogP contribution is -2.44. The molecule has 0 radical (unpaired) electrons. The third-order valence-corrected chi connectivity index (χ3v) is 8.34. The maximum absolute atomic E-state index is 13.1. The van der Waals surface area contributed by atoms with Crippen molar-refractivity contribution >= 4 is 15.9 Å². The number of amides is 1. The Kier molecular flexibility index (Phi) is 7.06. The molecule has 1 heterocycles. The SMILES string of the molecule is COc1ccc(C(C)N(C)C(=O)C2CCN(S(=O)(=O)c3ccc(C)c(C)c3)CC2)cc1. The van der Waals surface area contributed by atoms with Gasteiger partial charge in [-0.15, -0.1) is 0 Å². The molecule has 1 saturated heterocycles. The third kappa shape index (κ3) is 4.93. The Morgan fingerprint density at radius 3 is 2.23 bits per heavy atom. The van der Waals surface area contributed by atoms with Gasteiger partial charge in [0.1, 0.15) is 5.75 Å². The van der Waals surface area contributed by atoms with E-state index in [0.29, 0.717) is 30.8 Å². The molecule has 0 bridgehead atoms. The minimum Gasteiger partial charge on any atom is -0.497 e. The van der Waals surface area contributed by atoms with Crippen molar-refractivity contribution in [2.24, 2.45) is 5.92 Å². The van der Waals surface area contributed by atoms with Crippen molar-refractivity contribution in [1.82, 2.24) is 9.21 Å². The van der Waals surface area contributed by atoms with Gasteiger partial charge in [-0.25, -0.2) is 8.42 Å². The summed E-state index contributed by atoms with van der Waals surface area (Å²) in [6, 6.07) is 12.9. The number of hydrogen-bond acceptors (Lipinski definition) is 4. The van der Waals surface area contributed by atoms with Crippen molar-refractivity contribution in [3.63, 3.8) is 0 Å². The molecule has 1 fully saturated rings. The highest BCUT2D eigenvalue weighted by Crippen LogP contribution is 2.29. The van der Waals surface area contributed by atoms with E-state index in [1.54, 1.807) is 24.1 Å². The van der Waals surface area contributed by atoms with Crippen LogP contribution in [0.1, 0.15) is 42.5 Å². The van der Waals surface area contributed by atoms with Gasteiger partial charge >= 0.3 is 0 Å². The normalized spacial score (nSPS) is 16.7. The number of carbonyl (C=O) groups is 1. The van der Waals surface area contributed by atoms with E-state index >= 15 is 0 Å². The third-order valence-electron chi connectivity index (χ3n) is 6.45. The first-order chi connectivity index (χ1) is 14.6. The van der Waals surface area contributed by atoms with Gasteiger partial charge in [-0.05, 0) is 74.6 Å². The Labute approximate surface area is 185 Å². The average Bonchev–Trinajstić information content (AvgIpc) is 2.79. The predicted octanol–water partition coefficient (Wildman–Crippen LogP) is 3.93. The highest BCUT2D eigenvalue weighted by Gasteiger charge is 2.34. The maximum atomic E-state index is 13.1. The van der Waals surface area contributed by atoms with Crippen LogP contribution in [0.25, 0.3) is 0 Å². The van der Waals surface area contributed by atoms with E-state index in [4.69, 9.17) is 4.74 Å². The molecule has 2 aromatic rings. The molecule has 0 aliphatic carbocycles. The summed E-state index contributed by atoms with van der Waals surface area (Å²) in [4.78, 5) is 15.2. The lowest BCUT2D eigenvalue weighted by molar-refractivity contribution is -0.137. The van der Waals surface area contributed by atoms with Crippen LogP contribution in [0.3, 0.4) is 0 Å². The standard InChI is InChI=1S/C24H32N2O4S/c1-17-6-11-23(16-18(17)2)31(28,29)26-14-12-21(13-15-26)24(27)25(4)19(3)20-7-9-22(30-5)10-8-20/h6-11,16,19,21H,12-15H2,1-5H3. The van der Waals surface area contributed by atoms with Gasteiger partial charge in [-0.2, -0.15) is 4.31 Å². The van der Waals surface area contributed by atoms with Crippen molar-refractivity contribution < 1.29 is 17.9 Å². The molecule has 1 aliphatic rings. The molecule has 31 heavy (non-hydrogen) atoms. The van der Waals surface area contributed by atoms with Crippen LogP contribution in [0.5, 0.6) is 5.75 Å². The van der Waals surface area contributed by atoms with Crippen LogP contribution in [-0.4, -0.2) is 50.8 Å². The van der Waals surface area contributed by atoms with Gasteiger partial charge in [-0.3, -0.25) is 4.79 Å². The van der Waals surface area contributed by atoms with Crippen LogP contribution in [0.15, 0.2) is 47.4 Å². The lowest BCUT2D eigenvalue weighted by atomic mass is 9.95. The second-order valence-electron chi connectivity index (χ2n) is 8.32. The van der Waals surface area contributed by atoms with E-state index in [-0.39, 0.29) is 17.9 Å². The van der Waals surface area contributed by atoms with Crippen molar-refractivity contribution in [3.05, 3.63) is 59.2 Å². The smallest absolute Gasteiger partial charge is 0.243 e. The molecule has 3 rings (SSSR count). The highest BCUT2D eigenvalue weighted by atomic mass is 32.2. The zero-order chi connectivity index (χ0) is 22.8. The molecule has 1 unspecified atom stereocenters. The molecule has 7 heteroatoms. The van der Waals surface area contributed by atoms with E-state index in [1.807, 2.05) is 58.2 Å². The predicted molar refractivity (Wildman–Crippen MR) is 122 cm³/mol. The summed E-state index contributed by atoms with van der Waals surface area (Å²) in [5.41, 5.74) is 3.06. The summed E-state index contributed by atoms with van der Waals surface area (Å²) >= 11 is 0. The van der Waals surface area contributed by atoms with Crippen LogP contribution < -0.4 is 4.74 Å². The first-order valence-electron chi connectivity index (χ1n) is 10.6. The van der Waals surface area contributed by atoms with E-state index in [2.05, 4.69) is 0 Å². The van der Waals surface area contributed by atoms with E-state index < -0.39 is 10.0 Å². The summed E-state index contributed by atoms with van der Waals surface area (Å²) in [5, 5.41) is 0.